The van der Waals surface area contributed by atoms with Crippen LogP contribution < -0.4 is 21.8 Å². The third-order valence-electron chi connectivity index (χ3n) is 7.13. The molecule has 2 aliphatic rings. The summed E-state index contributed by atoms with van der Waals surface area (Å²) in [5.41, 5.74) is -0.121. The minimum Gasteiger partial charge on any atom is -0.362 e. The van der Waals surface area contributed by atoms with Crippen molar-refractivity contribution in [2.24, 2.45) is 7.05 Å². The number of hydrogen-bond acceptors (Lipinski definition) is 5. The highest BCUT2D eigenvalue weighted by molar-refractivity contribution is 5.93. The van der Waals surface area contributed by atoms with Crippen molar-refractivity contribution < 1.29 is 13.2 Å². The van der Waals surface area contributed by atoms with E-state index >= 15 is 0 Å². The van der Waals surface area contributed by atoms with Crippen LogP contribution in [0.3, 0.4) is 0 Å². The van der Waals surface area contributed by atoms with Gasteiger partial charge in [-0.3, -0.25) is 9.59 Å². The van der Waals surface area contributed by atoms with E-state index in [-0.39, 0.29) is 28.8 Å². The number of alkyl halides is 3. The summed E-state index contributed by atoms with van der Waals surface area (Å²) in [6.07, 6.45) is 0.689. The van der Waals surface area contributed by atoms with Gasteiger partial charge in [-0.15, -0.1) is 0 Å². The smallest absolute Gasteiger partial charge is 0.362 e. The van der Waals surface area contributed by atoms with Crippen LogP contribution in [-0.4, -0.2) is 20.9 Å². The van der Waals surface area contributed by atoms with Crippen molar-refractivity contribution in [3.63, 3.8) is 0 Å². The first-order valence-electron chi connectivity index (χ1n) is 11.9. The molecule has 2 atom stereocenters. The summed E-state index contributed by atoms with van der Waals surface area (Å²) in [6, 6.07) is 3.46. The second-order valence-corrected chi connectivity index (χ2v) is 9.58. The second-order valence-electron chi connectivity index (χ2n) is 9.58. The molecule has 2 aromatic heterocycles. The van der Waals surface area contributed by atoms with Crippen molar-refractivity contribution in [1.29, 1.82) is 0 Å². The monoisotopic (exact) mass is 487 g/mol. The Bertz CT molecular complexity index is 1420. The maximum absolute atomic E-state index is 13.5. The molecule has 0 bridgehead atoms. The summed E-state index contributed by atoms with van der Waals surface area (Å²) in [5.74, 6) is 0.361. The van der Waals surface area contributed by atoms with Gasteiger partial charge in [0.2, 0.25) is 0 Å². The molecule has 5 rings (SSSR count). The standard InChI is InChI=1S/C25H28F3N5O2/c1-13-16(6-4-7-18(13)25(26,27)28)14(2)30-22-17-12-33(15-9-10-15)24(35)21(19-8-5-11-29-19)20(17)23(34)32(3)31-22/h4,6-7,12,14-15,19,29H,5,8-11H2,1-3H3,(H,30,31). The van der Waals surface area contributed by atoms with E-state index in [0.29, 0.717) is 27.7 Å². The van der Waals surface area contributed by atoms with Gasteiger partial charge in [-0.05, 0) is 63.3 Å². The average Bonchev–Trinajstić information content (AvgIpc) is 3.49. The predicted molar refractivity (Wildman–Crippen MR) is 128 cm³/mol. The minimum absolute atomic E-state index is 0.0899. The van der Waals surface area contributed by atoms with Crippen LogP contribution >= 0.6 is 0 Å². The number of fused-ring (bicyclic) bond motifs is 1. The van der Waals surface area contributed by atoms with Gasteiger partial charge in [0.25, 0.3) is 11.1 Å². The fourth-order valence-corrected chi connectivity index (χ4v) is 5.17. The van der Waals surface area contributed by atoms with Crippen LogP contribution in [0.15, 0.2) is 34.0 Å². The number of benzene rings is 1. The normalized spacial score (nSPS) is 19.3. The molecule has 1 aromatic carbocycles. The van der Waals surface area contributed by atoms with Gasteiger partial charge in [0.1, 0.15) is 0 Å². The fourth-order valence-electron chi connectivity index (χ4n) is 5.17. The molecular weight excluding hydrogens is 459 g/mol. The third-order valence-corrected chi connectivity index (χ3v) is 7.13. The fraction of sp³-hybridized carbons (Fsp3) is 0.480. The molecule has 0 spiro atoms. The molecule has 3 aromatic rings. The highest BCUT2D eigenvalue weighted by Gasteiger charge is 2.34. The van der Waals surface area contributed by atoms with E-state index in [1.807, 2.05) is 0 Å². The van der Waals surface area contributed by atoms with Crippen LogP contribution in [0.2, 0.25) is 0 Å². The summed E-state index contributed by atoms with van der Waals surface area (Å²) in [5, 5.41) is 11.8. The molecule has 1 saturated heterocycles. The second kappa shape index (κ2) is 8.51. The zero-order chi connectivity index (χ0) is 25.1. The molecule has 1 aliphatic carbocycles. The number of nitrogens with one attached hydrogen (secondary N) is 2. The van der Waals surface area contributed by atoms with E-state index < -0.39 is 17.8 Å². The maximum atomic E-state index is 13.5. The highest BCUT2D eigenvalue weighted by Crippen LogP contribution is 2.38. The zero-order valence-corrected chi connectivity index (χ0v) is 19.9. The zero-order valence-electron chi connectivity index (χ0n) is 19.9. The van der Waals surface area contributed by atoms with Gasteiger partial charge < -0.3 is 15.2 Å². The third kappa shape index (κ3) is 4.13. The number of hydrogen-bond donors (Lipinski definition) is 2. The van der Waals surface area contributed by atoms with Gasteiger partial charge in [0.05, 0.1) is 17.0 Å². The van der Waals surface area contributed by atoms with Gasteiger partial charge in [0, 0.05) is 36.3 Å². The maximum Gasteiger partial charge on any atom is 0.416 e. The molecule has 3 heterocycles. The van der Waals surface area contributed by atoms with E-state index in [2.05, 4.69) is 15.7 Å². The van der Waals surface area contributed by atoms with Crippen molar-refractivity contribution in [3.8, 4) is 0 Å². The summed E-state index contributed by atoms with van der Waals surface area (Å²) >= 11 is 0. The van der Waals surface area contributed by atoms with Gasteiger partial charge >= 0.3 is 6.18 Å². The van der Waals surface area contributed by atoms with Crippen molar-refractivity contribution >= 4 is 16.6 Å². The first kappa shape index (κ1) is 23.6. The van der Waals surface area contributed by atoms with Gasteiger partial charge in [0.15, 0.2) is 5.82 Å². The molecule has 2 unspecified atom stereocenters. The molecule has 2 fully saturated rings. The summed E-state index contributed by atoms with van der Waals surface area (Å²) in [4.78, 5) is 26.7. The summed E-state index contributed by atoms with van der Waals surface area (Å²) in [7, 11) is 1.52. The van der Waals surface area contributed by atoms with Crippen molar-refractivity contribution in [1.82, 2.24) is 19.7 Å². The summed E-state index contributed by atoms with van der Waals surface area (Å²) < 4.78 is 43.3. The van der Waals surface area contributed by atoms with Crippen molar-refractivity contribution in [2.75, 3.05) is 11.9 Å². The molecule has 0 radical (unpaired) electrons. The van der Waals surface area contributed by atoms with E-state index in [1.54, 1.807) is 23.8 Å². The van der Waals surface area contributed by atoms with E-state index in [0.717, 1.165) is 38.3 Å². The molecule has 35 heavy (non-hydrogen) atoms. The predicted octanol–water partition coefficient (Wildman–Crippen LogP) is 4.35. The number of nitrogens with zero attached hydrogens (tertiary/aromatic N) is 3. The number of aromatic nitrogens is 3. The van der Waals surface area contributed by atoms with Crippen LogP contribution in [0.1, 0.15) is 73.0 Å². The number of halogens is 3. The Balaban J connectivity index is 1.67. The molecule has 2 N–H and O–H groups in total. The lowest BCUT2D eigenvalue weighted by Gasteiger charge is -2.22. The molecule has 1 saturated carbocycles. The van der Waals surface area contributed by atoms with Crippen molar-refractivity contribution in [3.05, 3.63) is 67.4 Å². The van der Waals surface area contributed by atoms with Crippen LogP contribution in [0, 0.1) is 6.92 Å². The lowest BCUT2D eigenvalue weighted by atomic mass is 9.97. The Hall–Kier alpha value is -3.14. The Labute approximate surface area is 200 Å². The largest absolute Gasteiger partial charge is 0.416 e. The topological polar surface area (TPSA) is 81.0 Å². The molecule has 10 heteroatoms. The number of rotatable bonds is 5. The Kier molecular flexibility index (Phi) is 5.74. The number of aryl methyl sites for hydroxylation is 1. The molecule has 186 valence electrons. The highest BCUT2D eigenvalue weighted by atomic mass is 19.4. The molecule has 1 aliphatic heterocycles. The molecule has 0 amide bonds. The quantitative estimate of drug-likeness (QED) is 0.559. The number of pyridine rings is 1. The van der Waals surface area contributed by atoms with Crippen LogP contribution in [-0.2, 0) is 13.2 Å². The summed E-state index contributed by atoms with van der Waals surface area (Å²) in [6.45, 7) is 3.99. The van der Waals surface area contributed by atoms with E-state index in [9.17, 15) is 22.8 Å². The lowest BCUT2D eigenvalue weighted by molar-refractivity contribution is -0.138. The average molecular weight is 488 g/mol. The Morgan fingerprint density at radius 2 is 1.91 bits per heavy atom. The van der Waals surface area contributed by atoms with Gasteiger partial charge in [-0.1, -0.05) is 12.1 Å². The first-order chi connectivity index (χ1) is 16.6. The van der Waals surface area contributed by atoms with Crippen molar-refractivity contribution in [2.45, 2.75) is 63.8 Å². The van der Waals surface area contributed by atoms with Crippen LogP contribution in [0.5, 0.6) is 0 Å². The first-order valence-corrected chi connectivity index (χ1v) is 11.9. The molecular formula is C25H28F3N5O2. The van der Waals surface area contributed by atoms with Crippen LogP contribution in [0.4, 0.5) is 19.0 Å². The SMILES string of the molecule is Cc1c(C(C)Nc2nn(C)c(=O)c3c(C4CCCN4)c(=O)n(C4CC4)cc23)cccc1C(F)(F)F. The van der Waals surface area contributed by atoms with Gasteiger partial charge in [-0.2, -0.15) is 18.3 Å². The van der Waals surface area contributed by atoms with E-state index in [1.165, 1.54) is 24.7 Å². The van der Waals surface area contributed by atoms with Crippen LogP contribution in [0.25, 0.3) is 10.8 Å². The van der Waals surface area contributed by atoms with Gasteiger partial charge in [-0.25, -0.2) is 4.68 Å². The van der Waals surface area contributed by atoms with E-state index in [4.69, 9.17) is 0 Å². The number of anilines is 1. The Morgan fingerprint density at radius 3 is 2.54 bits per heavy atom. The lowest BCUT2D eigenvalue weighted by Crippen LogP contribution is -2.33. The Morgan fingerprint density at radius 1 is 1.17 bits per heavy atom. The minimum atomic E-state index is -4.45. The molecule has 7 nitrogen and oxygen atoms in total.